The van der Waals surface area contributed by atoms with Gasteiger partial charge in [0.1, 0.15) is 6.54 Å². The molecule has 126 valence electrons. The molecule has 0 bridgehead atoms. The number of carboxylic acid groups (broad SMARTS) is 1. The molecule has 0 fully saturated rings. The number of para-hydroxylation sites is 1. The second-order valence-electron chi connectivity index (χ2n) is 5.31. The third-order valence-corrected chi connectivity index (χ3v) is 3.68. The number of nitrogens with zero attached hydrogens (tertiary/aromatic N) is 1. The van der Waals surface area contributed by atoms with Crippen LogP contribution >= 0.6 is 11.6 Å². The van der Waals surface area contributed by atoms with E-state index in [1.54, 1.807) is 12.1 Å². The largest absolute Gasteiger partial charge is 0.480 e. The SMILES string of the molecule is O=C(O)CN(CC(=O)NCCc1ccc(Cl)cc1)c1ccccc1. The molecule has 2 aromatic rings. The first-order valence-corrected chi connectivity index (χ1v) is 7.95. The zero-order valence-electron chi connectivity index (χ0n) is 13.1. The minimum Gasteiger partial charge on any atom is -0.480 e. The van der Waals surface area contributed by atoms with Gasteiger partial charge in [-0.15, -0.1) is 0 Å². The predicted octanol–water partition coefficient (Wildman–Crippen LogP) is 2.59. The van der Waals surface area contributed by atoms with Crippen molar-refractivity contribution in [3.05, 3.63) is 65.2 Å². The van der Waals surface area contributed by atoms with Crippen molar-refractivity contribution in [2.45, 2.75) is 6.42 Å². The lowest BCUT2D eigenvalue weighted by molar-refractivity contribution is -0.135. The van der Waals surface area contributed by atoms with Crippen LogP contribution in [0.2, 0.25) is 5.02 Å². The lowest BCUT2D eigenvalue weighted by Gasteiger charge is -2.22. The van der Waals surface area contributed by atoms with Crippen molar-refractivity contribution in [1.82, 2.24) is 5.32 Å². The number of halogens is 1. The number of carboxylic acids is 1. The van der Waals surface area contributed by atoms with Crippen molar-refractivity contribution in [3.8, 4) is 0 Å². The van der Waals surface area contributed by atoms with Crippen molar-refractivity contribution >= 4 is 29.2 Å². The summed E-state index contributed by atoms with van der Waals surface area (Å²) in [6.07, 6.45) is 0.688. The van der Waals surface area contributed by atoms with E-state index in [9.17, 15) is 9.59 Å². The third kappa shape index (κ3) is 5.93. The smallest absolute Gasteiger partial charge is 0.323 e. The van der Waals surface area contributed by atoms with E-state index in [-0.39, 0.29) is 19.0 Å². The number of rotatable bonds is 8. The van der Waals surface area contributed by atoms with Crippen LogP contribution < -0.4 is 10.2 Å². The van der Waals surface area contributed by atoms with Crippen LogP contribution in [-0.4, -0.2) is 36.6 Å². The number of carbonyl (C=O) groups is 2. The lowest BCUT2D eigenvalue weighted by Crippen LogP contribution is -2.40. The minimum atomic E-state index is -0.979. The van der Waals surface area contributed by atoms with Crippen LogP contribution in [0, 0.1) is 0 Å². The second kappa shape index (κ2) is 8.93. The summed E-state index contributed by atoms with van der Waals surface area (Å²) in [6.45, 7) is 0.252. The minimum absolute atomic E-state index is 0.00304. The summed E-state index contributed by atoms with van der Waals surface area (Å²) >= 11 is 5.83. The molecule has 5 nitrogen and oxygen atoms in total. The van der Waals surface area contributed by atoms with Gasteiger partial charge in [0.15, 0.2) is 0 Å². The highest BCUT2D eigenvalue weighted by Gasteiger charge is 2.14. The summed E-state index contributed by atoms with van der Waals surface area (Å²) in [5.74, 6) is -1.19. The highest BCUT2D eigenvalue weighted by molar-refractivity contribution is 6.30. The van der Waals surface area contributed by atoms with E-state index in [1.807, 2.05) is 42.5 Å². The molecule has 0 saturated heterocycles. The average Bonchev–Trinajstić information content (AvgIpc) is 2.56. The summed E-state index contributed by atoms with van der Waals surface area (Å²) in [4.78, 5) is 24.6. The monoisotopic (exact) mass is 346 g/mol. The van der Waals surface area contributed by atoms with Crippen LogP contribution in [0.4, 0.5) is 5.69 Å². The molecule has 2 aromatic carbocycles. The second-order valence-corrected chi connectivity index (χ2v) is 5.75. The maximum absolute atomic E-state index is 12.1. The molecule has 0 aromatic heterocycles. The van der Waals surface area contributed by atoms with Gasteiger partial charge in [-0.05, 0) is 36.2 Å². The number of hydrogen-bond acceptors (Lipinski definition) is 3. The van der Waals surface area contributed by atoms with Gasteiger partial charge in [-0.2, -0.15) is 0 Å². The number of nitrogens with one attached hydrogen (secondary N) is 1. The van der Waals surface area contributed by atoms with Gasteiger partial charge in [0.05, 0.1) is 6.54 Å². The summed E-state index contributed by atoms with van der Waals surface area (Å²) in [7, 11) is 0. The normalized spacial score (nSPS) is 10.2. The molecule has 1 amide bonds. The summed E-state index contributed by atoms with van der Waals surface area (Å²) in [6, 6.07) is 16.5. The van der Waals surface area contributed by atoms with Gasteiger partial charge in [0.2, 0.25) is 5.91 Å². The van der Waals surface area contributed by atoms with Crippen LogP contribution in [-0.2, 0) is 16.0 Å². The van der Waals surface area contributed by atoms with Gasteiger partial charge in [0, 0.05) is 17.3 Å². The van der Waals surface area contributed by atoms with E-state index in [1.165, 1.54) is 4.90 Å². The number of carbonyl (C=O) groups excluding carboxylic acids is 1. The molecular formula is C18H19ClN2O3. The van der Waals surface area contributed by atoms with E-state index in [0.717, 1.165) is 5.56 Å². The third-order valence-electron chi connectivity index (χ3n) is 3.43. The quantitative estimate of drug-likeness (QED) is 0.770. The first-order valence-electron chi connectivity index (χ1n) is 7.57. The van der Waals surface area contributed by atoms with Crippen molar-refractivity contribution in [2.24, 2.45) is 0 Å². The molecule has 0 saturated carbocycles. The molecular weight excluding hydrogens is 328 g/mol. The van der Waals surface area contributed by atoms with Crippen LogP contribution in [0.15, 0.2) is 54.6 Å². The van der Waals surface area contributed by atoms with Crippen LogP contribution in [0.3, 0.4) is 0 Å². The first kappa shape index (κ1) is 17.8. The fraction of sp³-hybridized carbons (Fsp3) is 0.222. The maximum Gasteiger partial charge on any atom is 0.323 e. The number of benzene rings is 2. The first-order chi connectivity index (χ1) is 11.5. The zero-order valence-corrected chi connectivity index (χ0v) is 13.9. The fourth-order valence-corrected chi connectivity index (χ4v) is 2.39. The summed E-state index contributed by atoms with van der Waals surface area (Å²) < 4.78 is 0. The molecule has 0 atom stereocenters. The van der Waals surface area contributed by atoms with E-state index in [4.69, 9.17) is 16.7 Å². The number of hydrogen-bond donors (Lipinski definition) is 2. The van der Waals surface area contributed by atoms with Gasteiger partial charge < -0.3 is 15.3 Å². The Kier molecular flexibility index (Phi) is 6.63. The molecule has 0 heterocycles. The maximum atomic E-state index is 12.1. The van der Waals surface area contributed by atoms with Crippen LogP contribution in [0.1, 0.15) is 5.56 Å². The molecule has 0 radical (unpaired) electrons. The predicted molar refractivity (Wildman–Crippen MR) is 94.5 cm³/mol. The Labute approximate surface area is 145 Å². The highest BCUT2D eigenvalue weighted by atomic mass is 35.5. The van der Waals surface area contributed by atoms with Crippen molar-refractivity contribution in [1.29, 1.82) is 0 Å². The van der Waals surface area contributed by atoms with Crippen molar-refractivity contribution < 1.29 is 14.7 Å². The fourth-order valence-electron chi connectivity index (χ4n) is 2.27. The summed E-state index contributed by atoms with van der Waals surface area (Å²) in [5, 5.41) is 12.5. The number of amides is 1. The Hall–Kier alpha value is -2.53. The van der Waals surface area contributed by atoms with Gasteiger partial charge in [0.25, 0.3) is 0 Å². The molecule has 0 unspecified atom stereocenters. The van der Waals surface area contributed by atoms with E-state index in [0.29, 0.717) is 23.7 Å². The van der Waals surface area contributed by atoms with Crippen molar-refractivity contribution in [2.75, 3.05) is 24.5 Å². The number of anilines is 1. The molecule has 0 aliphatic rings. The average molecular weight is 347 g/mol. The Bertz CT molecular complexity index is 674. The van der Waals surface area contributed by atoms with E-state index >= 15 is 0 Å². The molecule has 2 N–H and O–H groups in total. The molecule has 0 spiro atoms. The van der Waals surface area contributed by atoms with E-state index < -0.39 is 5.97 Å². The van der Waals surface area contributed by atoms with Crippen molar-refractivity contribution in [3.63, 3.8) is 0 Å². The number of aliphatic carboxylic acids is 1. The van der Waals surface area contributed by atoms with Crippen LogP contribution in [0.25, 0.3) is 0 Å². The molecule has 0 aliphatic heterocycles. The Morgan fingerprint density at radius 1 is 1.00 bits per heavy atom. The zero-order chi connectivity index (χ0) is 17.4. The van der Waals surface area contributed by atoms with Gasteiger partial charge in [-0.1, -0.05) is 41.9 Å². The standard InChI is InChI=1S/C18H19ClN2O3/c19-15-8-6-14(7-9-15)10-11-20-17(22)12-21(13-18(23)24)16-4-2-1-3-5-16/h1-9H,10-13H2,(H,20,22)(H,23,24). The van der Waals surface area contributed by atoms with Crippen LogP contribution in [0.5, 0.6) is 0 Å². The van der Waals surface area contributed by atoms with Gasteiger partial charge >= 0.3 is 5.97 Å². The topological polar surface area (TPSA) is 69.6 Å². The molecule has 0 aliphatic carbocycles. The molecule has 24 heavy (non-hydrogen) atoms. The van der Waals surface area contributed by atoms with Gasteiger partial charge in [-0.3, -0.25) is 9.59 Å². The molecule has 6 heteroatoms. The highest BCUT2D eigenvalue weighted by Crippen LogP contribution is 2.12. The van der Waals surface area contributed by atoms with Gasteiger partial charge in [-0.25, -0.2) is 0 Å². The summed E-state index contributed by atoms with van der Waals surface area (Å²) in [5.41, 5.74) is 1.78. The Balaban J connectivity index is 1.86. The Morgan fingerprint density at radius 2 is 1.67 bits per heavy atom. The van der Waals surface area contributed by atoms with E-state index in [2.05, 4.69) is 5.32 Å². The lowest BCUT2D eigenvalue weighted by atomic mass is 10.1. The Morgan fingerprint density at radius 3 is 2.29 bits per heavy atom. The molecule has 2 rings (SSSR count).